The molecule has 0 amide bonds. The lowest BCUT2D eigenvalue weighted by molar-refractivity contribution is 0.661. The molecule has 0 spiro atoms. The first-order chi connectivity index (χ1) is 28.5. The fourth-order valence-electron chi connectivity index (χ4n) is 9.50. The van der Waals surface area contributed by atoms with Crippen molar-refractivity contribution < 1.29 is 0 Å². The van der Waals surface area contributed by atoms with Crippen molar-refractivity contribution in [2.75, 3.05) is 4.90 Å². The van der Waals surface area contributed by atoms with E-state index in [-0.39, 0.29) is 5.41 Å². The molecule has 0 heterocycles. The van der Waals surface area contributed by atoms with E-state index in [1.165, 1.54) is 88.0 Å². The summed E-state index contributed by atoms with van der Waals surface area (Å²) in [6.07, 6.45) is 0. The van der Waals surface area contributed by atoms with Crippen molar-refractivity contribution in [1.29, 1.82) is 0 Å². The Balaban J connectivity index is 1.24. The quantitative estimate of drug-likeness (QED) is 0.164. The molecule has 274 valence electrons. The van der Waals surface area contributed by atoms with Crippen LogP contribution < -0.4 is 4.90 Å². The normalized spacial score (nSPS) is 12.8. The van der Waals surface area contributed by atoms with Gasteiger partial charge in [0.25, 0.3) is 0 Å². The summed E-state index contributed by atoms with van der Waals surface area (Å²) in [6, 6.07) is 78.5. The molecule has 0 bridgehead atoms. The standard InChI is InChI=1S/C57H41N/c1-57(2)53-30-29-46(37-52(53)51-35-42-22-9-10-23-43(42)36-54(51)57)58(47-33-44(38-16-5-3-6-17-38)32-45(34-47)39-18-7-4-8-19-39)55-31-28-41-21-12-14-26-49(41)56(55)50-27-15-24-40-20-11-13-25-48(40)50/h3-37H,1-2H3. The largest absolute Gasteiger partial charge is 0.310 e. The molecule has 0 radical (unpaired) electrons. The predicted octanol–water partition coefficient (Wildman–Crippen LogP) is 15.9. The van der Waals surface area contributed by atoms with E-state index in [2.05, 4.69) is 231 Å². The summed E-state index contributed by atoms with van der Waals surface area (Å²) < 4.78 is 0. The molecule has 10 aromatic carbocycles. The highest BCUT2D eigenvalue weighted by atomic mass is 15.1. The molecule has 1 heteroatoms. The molecule has 1 aliphatic rings. The molecular formula is C57H41N. The van der Waals surface area contributed by atoms with E-state index in [4.69, 9.17) is 0 Å². The maximum absolute atomic E-state index is 2.52. The van der Waals surface area contributed by atoms with Gasteiger partial charge in [-0.25, -0.2) is 0 Å². The van der Waals surface area contributed by atoms with Crippen LogP contribution in [0.5, 0.6) is 0 Å². The fourth-order valence-corrected chi connectivity index (χ4v) is 9.50. The molecule has 0 saturated heterocycles. The maximum atomic E-state index is 2.52. The summed E-state index contributed by atoms with van der Waals surface area (Å²) in [7, 11) is 0. The molecule has 0 saturated carbocycles. The van der Waals surface area contributed by atoms with Gasteiger partial charge >= 0.3 is 0 Å². The molecule has 1 aliphatic carbocycles. The van der Waals surface area contributed by atoms with Gasteiger partial charge in [-0.1, -0.05) is 178 Å². The molecule has 0 N–H and O–H groups in total. The minimum absolute atomic E-state index is 0.136. The van der Waals surface area contributed by atoms with E-state index >= 15 is 0 Å². The van der Waals surface area contributed by atoms with Gasteiger partial charge < -0.3 is 4.90 Å². The minimum atomic E-state index is -0.136. The third-order valence-electron chi connectivity index (χ3n) is 12.4. The van der Waals surface area contributed by atoms with Crippen molar-refractivity contribution in [2.24, 2.45) is 0 Å². The molecule has 0 fully saturated rings. The molecule has 0 atom stereocenters. The topological polar surface area (TPSA) is 3.24 Å². The van der Waals surface area contributed by atoms with Gasteiger partial charge in [0.05, 0.1) is 5.69 Å². The zero-order chi connectivity index (χ0) is 38.8. The first-order valence-electron chi connectivity index (χ1n) is 20.3. The third kappa shape index (κ3) is 5.54. The van der Waals surface area contributed by atoms with Gasteiger partial charge in [-0.05, 0) is 131 Å². The number of anilines is 3. The summed E-state index contributed by atoms with van der Waals surface area (Å²) in [6.45, 7) is 4.75. The molecule has 11 rings (SSSR count). The monoisotopic (exact) mass is 739 g/mol. The van der Waals surface area contributed by atoms with Crippen LogP contribution in [0.4, 0.5) is 17.1 Å². The molecule has 58 heavy (non-hydrogen) atoms. The third-order valence-corrected chi connectivity index (χ3v) is 12.4. The van der Waals surface area contributed by atoms with Crippen molar-refractivity contribution in [1.82, 2.24) is 0 Å². The van der Waals surface area contributed by atoms with Crippen LogP contribution in [0.3, 0.4) is 0 Å². The van der Waals surface area contributed by atoms with Crippen LogP contribution >= 0.6 is 0 Å². The van der Waals surface area contributed by atoms with Gasteiger partial charge in [0, 0.05) is 22.4 Å². The zero-order valence-electron chi connectivity index (χ0n) is 32.7. The van der Waals surface area contributed by atoms with Gasteiger partial charge in [0.2, 0.25) is 0 Å². The lowest BCUT2D eigenvalue weighted by Gasteiger charge is -2.31. The second-order valence-electron chi connectivity index (χ2n) is 16.1. The van der Waals surface area contributed by atoms with Crippen LogP contribution in [0.15, 0.2) is 212 Å². The van der Waals surface area contributed by atoms with Crippen LogP contribution in [0.25, 0.3) is 76.8 Å². The van der Waals surface area contributed by atoms with Crippen molar-refractivity contribution >= 4 is 49.4 Å². The number of fused-ring (bicyclic) bond motifs is 6. The SMILES string of the molecule is CC1(C)c2ccc(N(c3cc(-c4ccccc4)cc(-c4ccccc4)c3)c3ccc4ccccc4c3-c3cccc4ccccc34)cc2-c2cc3ccccc3cc21. The molecule has 1 nitrogen and oxygen atoms in total. The number of nitrogens with zero attached hydrogens (tertiary/aromatic N) is 1. The highest BCUT2D eigenvalue weighted by Gasteiger charge is 2.36. The van der Waals surface area contributed by atoms with E-state index in [1.54, 1.807) is 0 Å². The molecule has 10 aromatic rings. The van der Waals surface area contributed by atoms with Gasteiger partial charge in [-0.3, -0.25) is 0 Å². The summed E-state index contributed by atoms with van der Waals surface area (Å²) in [5, 5.41) is 7.46. The van der Waals surface area contributed by atoms with E-state index in [0.717, 1.165) is 17.1 Å². The Morgan fingerprint density at radius 1 is 0.328 bits per heavy atom. The van der Waals surface area contributed by atoms with Crippen LogP contribution in [-0.2, 0) is 5.41 Å². The maximum Gasteiger partial charge on any atom is 0.0546 e. The second-order valence-corrected chi connectivity index (χ2v) is 16.1. The highest BCUT2D eigenvalue weighted by Crippen LogP contribution is 2.53. The minimum Gasteiger partial charge on any atom is -0.310 e. The Morgan fingerprint density at radius 3 is 1.57 bits per heavy atom. The van der Waals surface area contributed by atoms with Crippen molar-refractivity contribution in [2.45, 2.75) is 19.3 Å². The highest BCUT2D eigenvalue weighted by molar-refractivity contribution is 6.12. The first kappa shape index (κ1) is 34.1. The number of rotatable bonds is 6. The average Bonchev–Trinajstić information content (AvgIpc) is 3.50. The molecular weight excluding hydrogens is 699 g/mol. The Kier molecular flexibility index (Phi) is 7.91. The molecule has 0 unspecified atom stereocenters. The summed E-state index contributed by atoms with van der Waals surface area (Å²) >= 11 is 0. The van der Waals surface area contributed by atoms with Crippen molar-refractivity contribution in [3.63, 3.8) is 0 Å². The van der Waals surface area contributed by atoms with Crippen LogP contribution in [0, 0.1) is 0 Å². The summed E-state index contributed by atoms with van der Waals surface area (Å²) in [4.78, 5) is 2.52. The lowest BCUT2D eigenvalue weighted by Crippen LogP contribution is -2.16. The summed E-state index contributed by atoms with van der Waals surface area (Å²) in [5.74, 6) is 0. The Labute approximate surface area is 340 Å². The molecule has 0 aromatic heterocycles. The lowest BCUT2D eigenvalue weighted by atomic mass is 9.82. The van der Waals surface area contributed by atoms with Crippen molar-refractivity contribution in [3.05, 3.63) is 223 Å². The number of benzene rings is 10. The second kappa shape index (κ2) is 13.5. The average molecular weight is 740 g/mol. The van der Waals surface area contributed by atoms with Gasteiger partial charge in [0.1, 0.15) is 0 Å². The van der Waals surface area contributed by atoms with Crippen LogP contribution in [0.2, 0.25) is 0 Å². The number of hydrogen-bond acceptors (Lipinski definition) is 1. The number of hydrogen-bond donors (Lipinski definition) is 0. The van der Waals surface area contributed by atoms with Gasteiger partial charge in [-0.15, -0.1) is 0 Å². The Bertz CT molecular complexity index is 3130. The van der Waals surface area contributed by atoms with Crippen molar-refractivity contribution in [3.8, 4) is 44.5 Å². The smallest absolute Gasteiger partial charge is 0.0546 e. The van der Waals surface area contributed by atoms with Crippen LogP contribution in [0.1, 0.15) is 25.0 Å². The fraction of sp³-hybridized carbons (Fsp3) is 0.0526. The predicted molar refractivity (Wildman–Crippen MR) is 248 cm³/mol. The van der Waals surface area contributed by atoms with E-state index in [1.807, 2.05) is 0 Å². The van der Waals surface area contributed by atoms with Crippen LogP contribution in [-0.4, -0.2) is 0 Å². The Morgan fingerprint density at radius 2 is 0.879 bits per heavy atom. The molecule has 0 aliphatic heterocycles. The van der Waals surface area contributed by atoms with E-state index < -0.39 is 0 Å². The van der Waals surface area contributed by atoms with E-state index in [0.29, 0.717) is 0 Å². The van der Waals surface area contributed by atoms with Gasteiger partial charge in [0.15, 0.2) is 0 Å². The first-order valence-corrected chi connectivity index (χ1v) is 20.3. The Hall–Kier alpha value is -7.22. The van der Waals surface area contributed by atoms with E-state index in [9.17, 15) is 0 Å². The zero-order valence-corrected chi connectivity index (χ0v) is 32.7. The summed E-state index contributed by atoms with van der Waals surface area (Å²) in [5.41, 5.74) is 15.7. The van der Waals surface area contributed by atoms with Gasteiger partial charge in [-0.2, -0.15) is 0 Å².